The van der Waals surface area contributed by atoms with Crippen molar-refractivity contribution in [1.82, 2.24) is 9.55 Å². The van der Waals surface area contributed by atoms with E-state index in [0.29, 0.717) is 12.2 Å². The Kier molecular flexibility index (Phi) is 3.98. The van der Waals surface area contributed by atoms with Crippen molar-refractivity contribution < 1.29 is 22.0 Å². The third-order valence-corrected chi connectivity index (χ3v) is 3.83. The Labute approximate surface area is 141 Å². The second-order valence-corrected chi connectivity index (χ2v) is 5.56. The molecule has 0 atom stereocenters. The quantitative estimate of drug-likeness (QED) is 0.694. The van der Waals surface area contributed by atoms with Crippen molar-refractivity contribution in [2.75, 3.05) is 0 Å². The minimum Gasteiger partial charge on any atom is -0.459 e. The van der Waals surface area contributed by atoms with E-state index >= 15 is 0 Å². The maximum Gasteiger partial charge on any atom is 0.431 e. The lowest BCUT2D eigenvalue weighted by Crippen LogP contribution is -2.36. The molecule has 0 aliphatic rings. The molecule has 0 saturated heterocycles. The van der Waals surface area contributed by atoms with Crippen molar-refractivity contribution in [3.63, 3.8) is 0 Å². The Morgan fingerprint density at radius 1 is 1.24 bits per heavy atom. The topological polar surface area (TPSA) is 68.0 Å². The Hall–Kier alpha value is -2.55. The molecule has 0 fully saturated rings. The summed E-state index contributed by atoms with van der Waals surface area (Å²) in [5, 5.41) is -0.0819. The zero-order valence-electron chi connectivity index (χ0n) is 12.5. The van der Waals surface area contributed by atoms with Gasteiger partial charge in [-0.1, -0.05) is 18.5 Å². The number of nitrogens with zero attached hydrogens (tertiary/aromatic N) is 1. The molecule has 0 spiro atoms. The van der Waals surface area contributed by atoms with Gasteiger partial charge in [-0.05, 0) is 12.1 Å². The van der Waals surface area contributed by atoms with Gasteiger partial charge < -0.3 is 9.40 Å². The van der Waals surface area contributed by atoms with E-state index in [4.69, 9.17) is 16.0 Å². The molecule has 0 amide bonds. The second kappa shape index (κ2) is 5.76. The first-order valence-electron chi connectivity index (χ1n) is 6.97. The summed E-state index contributed by atoms with van der Waals surface area (Å²) in [4.78, 5) is 25.7. The fourth-order valence-electron chi connectivity index (χ4n) is 2.43. The number of hydrogen-bond acceptors (Lipinski definition) is 3. The van der Waals surface area contributed by atoms with Crippen molar-refractivity contribution in [2.45, 2.75) is 19.5 Å². The summed E-state index contributed by atoms with van der Waals surface area (Å²) in [5.74, 6) is -0.645. The Morgan fingerprint density at radius 2 is 1.92 bits per heavy atom. The largest absolute Gasteiger partial charge is 0.459 e. The Morgan fingerprint density at radius 3 is 2.48 bits per heavy atom. The van der Waals surface area contributed by atoms with Crippen LogP contribution in [-0.4, -0.2) is 9.55 Å². The van der Waals surface area contributed by atoms with Crippen LogP contribution in [0.4, 0.5) is 17.6 Å². The van der Waals surface area contributed by atoms with E-state index in [2.05, 4.69) is 0 Å². The van der Waals surface area contributed by atoms with Crippen molar-refractivity contribution >= 4 is 22.6 Å². The lowest BCUT2D eigenvalue weighted by atomic mass is 10.2. The number of H-pyrrole nitrogens is 1. The fourth-order valence-corrected chi connectivity index (χ4v) is 2.67. The first kappa shape index (κ1) is 17.3. The third kappa shape index (κ3) is 2.84. The van der Waals surface area contributed by atoms with Crippen LogP contribution in [0.1, 0.15) is 18.4 Å². The molecule has 132 valence electrons. The van der Waals surface area contributed by atoms with Crippen LogP contribution in [-0.2, 0) is 12.6 Å². The molecule has 0 unspecified atom stereocenters. The number of hydrogen-bond donors (Lipinski definition) is 1. The van der Waals surface area contributed by atoms with Crippen molar-refractivity contribution in [3.8, 4) is 5.69 Å². The highest BCUT2D eigenvalue weighted by Gasteiger charge is 2.33. The molecular formula is C15H9ClF4N2O3. The molecule has 0 saturated carbocycles. The van der Waals surface area contributed by atoms with Gasteiger partial charge in [-0.25, -0.2) is 13.8 Å². The summed E-state index contributed by atoms with van der Waals surface area (Å²) in [6.45, 7) is 1.75. The SMILES string of the molecule is CCc1cc2c(-n3c(=O)cc(C(F)(F)F)[nH]c3=O)c(F)cc(Cl)c2o1. The zero-order valence-corrected chi connectivity index (χ0v) is 13.3. The van der Waals surface area contributed by atoms with E-state index in [1.807, 2.05) is 0 Å². The van der Waals surface area contributed by atoms with Gasteiger partial charge in [0.05, 0.1) is 5.02 Å². The number of rotatable bonds is 2. The fraction of sp³-hybridized carbons (Fsp3) is 0.200. The third-order valence-electron chi connectivity index (χ3n) is 3.55. The molecule has 1 N–H and O–H groups in total. The minimum atomic E-state index is -4.92. The van der Waals surface area contributed by atoms with Crippen LogP contribution in [0.25, 0.3) is 16.7 Å². The highest BCUT2D eigenvalue weighted by atomic mass is 35.5. The molecule has 0 radical (unpaired) electrons. The first-order valence-corrected chi connectivity index (χ1v) is 7.35. The number of aromatic nitrogens is 2. The van der Waals surface area contributed by atoms with Gasteiger partial charge >= 0.3 is 11.9 Å². The van der Waals surface area contributed by atoms with Crippen LogP contribution in [0.3, 0.4) is 0 Å². The van der Waals surface area contributed by atoms with E-state index in [9.17, 15) is 27.2 Å². The van der Waals surface area contributed by atoms with Crippen LogP contribution in [0.2, 0.25) is 5.02 Å². The number of fused-ring (bicyclic) bond motifs is 1. The maximum absolute atomic E-state index is 14.4. The number of furan rings is 1. The van der Waals surface area contributed by atoms with Gasteiger partial charge in [-0.3, -0.25) is 4.79 Å². The average Bonchev–Trinajstić information content (AvgIpc) is 2.93. The minimum absolute atomic E-state index is 0.00853. The van der Waals surface area contributed by atoms with Crippen LogP contribution in [0, 0.1) is 5.82 Å². The molecule has 5 nitrogen and oxygen atoms in total. The van der Waals surface area contributed by atoms with E-state index < -0.39 is 34.6 Å². The molecule has 2 aromatic heterocycles. The molecule has 25 heavy (non-hydrogen) atoms. The van der Waals surface area contributed by atoms with Crippen molar-refractivity contribution in [1.29, 1.82) is 0 Å². The molecular weight excluding hydrogens is 368 g/mol. The van der Waals surface area contributed by atoms with Gasteiger partial charge in [-0.2, -0.15) is 13.2 Å². The highest BCUT2D eigenvalue weighted by molar-refractivity contribution is 6.35. The van der Waals surface area contributed by atoms with Gasteiger partial charge in [0.2, 0.25) is 0 Å². The molecule has 0 aliphatic carbocycles. The lowest BCUT2D eigenvalue weighted by molar-refractivity contribution is -0.141. The number of alkyl halides is 3. The van der Waals surface area contributed by atoms with Gasteiger partial charge in [0.25, 0.3) is 5.56 Å². The van der Waals surface area contributed by atoms with Crippen molar-refractivity contribution in [2.24, 2.45) is 0 Å². The molecule has 3 rings (SSSR count). The number of benzene rings is 1. The predicted octanol–water partition coefficient (Wildman–Crippen LogP) is 3.65. The normalized spacial score (nSPS) is 12.1. The standard InChI is InChI=1S/C15H9ClF4N2O3/c1-2-6-3-7-12(9(17)4-8(16)13(7)25-6)22-11(23)5-10(15(18,19)20)21-14(22)24/h3-5H,2H2,1H3,(H,21,24). The summed E-state index contributed by atoms with van der Waals surface area (Å²) < 4.78 is 58.2. The average molecular weight is 377 g/mol. The Balaban J connectivity index is 2.40. The van der Waals surface area contributed by atoms with Crippen LogP contribution in [0.5, 0.6) is 0 Å². The number of halogens is 5. The Bertz CT molecular complexity index is 1060. The van der Waals surface area contributed by atoms with Crippen LogP contribution in [0.15, 0.2) is 32.2 Å². The molecule has 0 bridgehead atoms. The number of aryl methyl sites for hydroxylation is 1. The molecule has 0 aliphatic heterocycles. The monoisotopic (exact) mass is 376 g/mol. The van der Waals surface area contributed by atoms with E-state index in [1.54, 1.807) is 6.92 Å². The lowest BCUT2D eigenvalue weighted by Gasteiger charge is -2.10. The van der Waals surface area contributed by atoms with E-state index in [1.165, 1.54) is 11.1 Å². The smallest absolute Gasteiger partial charge is 0.431 e. The van der Waals surface area contributed by atoms with Gasteiger partial charge in [0, 0.05) is 17.9 Å². The van der Waals surface area contributed by atoms with E-state index in [-0.39, 0.29) is 26.6 Å². The summed E-state index contributed by atoms with van der Waals surface area (Å²) in [7, 11) is 0. The molecule has 10 heteroatoms. The van der Waals surface area contributed by atoms with Gasteiger partial charge in [0.1, 0.15) is 23.0 Å². The van der Waals surface area contributed by atoms with Gasteiger partial charge in [-0.15, -0.1) is 0 Å². The highest BCUT2D eigenvalue weighted by Crippen LogP contribution is 2.33. The zero-order chi connectivity index (χ0) is 18.5. The predicted molar refractivity (Wildman–Crippen MR) is 81.8 cm³/mol. The number of nitrogens with one attached hydrogen (secondary N) is 1. The van der Waals surface area contributed by atoms with E-state index in [0.717, 1.165) is 6.07 Å². The molecule has 2 heterocycles. The van der Waals surface area contributed by atoms with Crippen molar-refractivity contribution in [3.05, 3.63) is 61.3 Å². The van der Waals surface area contributed by atoms with Gasteiger partial charge in [0.15, 0.2) is 5.58 Å². The molecule has 3 aromatic rings. The summed E-state index contributed by atoms with van der Waals surface area (Å²) in [5.41, 5.74) is -4.78. The first-order chi connectivity index (χ1) is 11.6. The second-order valence-electron chi connectivity index (χ2n) is 5.16. The van der Waals surface area contributed by atoms with Crippen LogP contribution < -0.4 is 11.2 Å². The van der Waals surface area contributed by atoms with Crippen LogP contribution >= 0.6 is 11.6 Å². The number of aromatic amines is 1. The summed E-state index contributed by atoms with van der Waals surface area (Å²) in [6, 6.07) is 2.39. The maximum atomic E-state index is 14.4. The summed E-state index contributed by atoms with van der Waals surface area (Å²) >= 11 is 5.90. The molecule has 1 aromatic carbocycles. The summed E-state index contributed by atoms with van der Waals surface area (Å²) in [6.07, 6.45) is -4.50.